The standard InChI is InChI=1S/C24H30N2O3/c27-21-7-5-20(6-8-21)26-23(28)24(11-15-29-16-12-24)17-19-3-1-2-4-22(19)18-9-13-25-14-10-18/h1-4,9-10,13-14,20-21,27H,5-8,11-12,15-17H2,(H,26,28). The Bertz CT molecular complexity index is 810. The molecule has 0 unspecified atom stereocenters. The third-order valence-electron chi connectivity index (χ3n) is 6.50. The summed E-state index contributed by atoms with van der Waals surface area (Å²) < 4.78 is 5.61. The number of pyridine rings is 1. The summed E-state index contributed by atoms with van der Waals surface area (Å²) in [5.41, 5.74) is 3.03. The average molecular weight is 395 g/mol. The van der Waals surface area contributed by atoms with Gasteiger partial charge in [0.25, 0.3) is 0 Å². The van der Waals surface area contributed by atoms with Crippen molar-refractivity contribution in [1.29, 1.82) is 0 Å². The molecule has 1 saturated heterocycles. The van der Waals surface area contributed by atoms with Crippen molar-refractivity contribution in [2.24, 2.45) is 5.41 Å². The minimum atomic E-state index is -0.447. The van der Waals surface area contributed by atoms with Gasteiger partial charge in [-0.05, 0) is 73.8 Å². The third kappa shape index (κ3) is 4.68. The summed E-state index contributed by atoms with van der Waals surface area (Å²) in [7, 11) is 0. The lowest BCUT2D eigenvalue weighted by Crippen LogP contribution is -2.50. The van der Waals surface area contributed by atoms with Gasteiger partial charge in [-0.1, -0.05) is 24.3 Å². The maximum atomic E-state index is 13.5. The van der Waals surface area contributed by atoms with Crippen molar-refractivity contribution in [1.82, 2.24) is 10.3 Å². The highest BCUT2D eigenvalue weighted by molar-refractivity contribution is 5.84. The van der Waals surface area contributed by atoms with Gasteiger partial charge >= 0.3 is 0 Å². The van der Waals surface area contributed by atoms with E-state index < -0.39 is 5.41 Å². The van der Waals surface area contributed by atoms with Gasteiger partial charge in [0.05, 0.1) is 11.5 Å². The predicted molar refractivity (Wildman–Crippen MR) is 112 cm³/mol. The Balaban J connectivity index is 1.57. The fourth-order valence-electron chi connectivity index (χ4n) is 4.66. The maximum absolute atomic E-state index is 13.5. The van der Waals surface area contributed by atoms with E-state index in [-0.39, 0.29) is 18.1 Å². The molecule has 4 rings (SSSR count). The molecule has 2 aromatic rings. The Morgan fingerprint density at radius 3 is 2.48 bits per heavy atom. The number of benzene rings is 1. The molecule has 2 N–H and O–H groups in total. The van der Waals surface area contributed by atoms with E-state index in [1.165, 1.54) is 5.56 Å². The number of carbonyl (C=O) groups excluding carboxylic acids is 1. The number of amides is 1. The van der Waals surface area contributed by atoms with Crippen molar-refractivity contribution in [3.63, 3.8) is 0 Å². The second-order valence-corrected chi connectivity index (χ2v) is 8.44. The van der Waals surface area contributed by atoms with Gasteiger partial charge in [-0.3, -0.25) is 9.78 Å². The zero-order valence-electron chi connectivity index (χ0n) is 16.8. The number of aromatic nitrogens is 1. The predicted octanol–water partition coefficient (Wildman–Crippen LogP) is 3.51. The molecule has 154 valence electrons. The van der Waals surface area contributed by atoms with Crippen molar-refractivity contribution < 1.29 is 14.6 Å². The Kier molecular flexibility index (Phi) is 6.26. The van der Waals surface area contributed by atoms with E-state index in [4.69, 9.17) is 4.74 Å². The Morgan fingerprint density at radius 2 is 1.76 bits per heavy atom. The summed E-state index contributed by atoms with van der Waals surface area (Å²) in [5, 5.41) is 13.1. The summed E-state index contributed by atoms with van der Waals surface area (Å²) >= 11 is 0. The molecule has 1 aliphatic heterocycles. The number of nitrogens with zero attached hydrogens (tertiary/aromatic N) is 1. The number of rotatable bonds is 5. The lowest BCUT2D eigenvalue weighted by Gasteiger charge is -2.38. The Morgan fingerprint density at radius 1 is 1.07 bits per heavy atom. The lowest BCUT2D eigenvalue weighted by molar-refractivity contribution is -0.137. The number of nitrogens with one attached hydrogen (secondary N) is 1. The van der Waals surface area contributed by atoms with Gasteiger partial charge in [0.15, 0.2) is 0 Å². The number of carbonyl (C=O) groups is 1. The van der Waals surface area contributed by atoms with Gasteiger partial charge in [0.1, 0.15) is 0 Å². The van der Waals surface area contributed by atoms with E-state index in [0.717, 1.165) is 49.7 Å². The summed E-state index contributed by atoms with van der Waals surface area (Å²) in [5.74, 6) is 0.145. The first-order valence-corrected chi connectivity index (χ1v) is 10.7. The zero-order valence-corrected chi connectivity index (χ0v) is 16.8. The van der Waals surface area contributed by atoms with E-state index in [2.05, 4.69) is 22.4 Å². The average Bonchev–Trinajstić information content (AvgIpc) is 2.77. The summed E-state index contributed by atoms with van der Waals surface area (Å²) in [4.78, 5) is 17.6. The molecule has 0 spiro atoms. The highest BCUT2D eigenvalue weighted by Gasteiger charge is 2.41. The molecule has 1 amide bonds. The molecule has 0 bridgehead atoms. The fourth-order valence-corrected chi connectivity index (χ4v) is 4.66. The van der Waals surface area contributed by atoms with Crippen LogP contribution >= 0.6 is 0 Å². The van der Waals surface area contributed by atoms with Crippen molar-refractivity contribution in [2.45, 2.75) is 57.1 Å². The van der Waals surface area contributed by atoms with Gasteiger partial charge in [0.2, 0.25) is 5.91 Å². The minimum absolute atomic E-state index is 0.145. The van der Waals surface area contributed by atoms with Crippen LogP contribution in [0.15, 0.2) is 48.8 Å². The van der Waals surface area contributed by atoms with Crippen LogP contribution in [0.3, 0.4) is 0 Å². The quantitative estimate of drug-likeness (QED) is 0.814. The third-order valence-corrected chi connectivity index (χ3v) is 6.50. The first-order valence-electron chi connectivity index (χ1n) is 10.7. The van der Waals surface area contributed by atoms with Crippen LogP contribution in [0, 0.1) is 5.41 Å². The van der Waals surface area contributed by atoms with Gasteiger partial charge in [-0.2, -0.15) is 0 Å². The van der Waals surface area contributed by atoms with Gasteiger partial charge in [0, 0.05) is 31.6 Å². The molecule has 0 radical (unpaired) electrons. The molecular weight excluding hydrogens is 364 g/mol. The number of ether oxygens (including phenoxy) is 1. The Hall–Kier alpha value is -2.24. The van der Waals surface area contributed by atoms with Crippen LogP contribution < -0.4 is 5.32 Å². The molecule has 2 aliphatic rings. The van der Waals surface area contributed by atoms with Crippen LogP contribution in [0.5, 0.6) is 0 Å². The smallest absolute Gasteiger partial charge is 0.226 e. The molecular formula is C24H30N2O3. The van der Waals surface area contributed by atoms with Gasteiger partial charge < -0.3 is 15.2 Å². The molecule has 5 heteroatoms. The molecule has 5 nitrogen and oxygen atoms in total. The minimum Gasteiger partial charge on any atom is -0.393 e. The fraction of sp³-hybridized carbons (Fsp3) is 0.500. The van der Waals surface area contributed by atoms with E-state index >= 15 is 0 Å². The molecule has 1 aliphatic carbocycles. The normalized spacial score (nSPS) is 24.0. The molecule has 2 heterocycles. The van der Waals surface area contributed by atoms with Crippen LogP contribution in [-0.4, -0.2) is 41.4 Å². The van der Waals surface area contributed by atoms with Crippen LogP contribution in [0.2, 0.25) is 0 Å². The van der Waals surface area contributed by atoms with E-state index in [1.54, 1.807) is 12.4 Å². The molecule has 1 saturated carbocycles. The highest BCUT2D eigenvalue weighted by Crippen LogP contribution is 2.38. The number of aliphatic hydroxyl groups is 1. The number of hydrogen-bond donors (Lipinski definition) is 2. The van der Waals surface area contributed by atoms with Crippen molar-refractivity contribution in [3.8, 4) is 11.1 Å². The first kappa shape index (κ1) is 20.0. The first-order chi connectivity index (χ1) is 14.2. The SMILES string of the molecule is O=C(NC1CCC(O)CC1)C1(Cc2ccccc2-c2ccncc2)CCOCC1. The van der Waals surface area contributed by atoms with Crippen LogP contribution in [0.4, 0.5) is 0 Å². The molecule has 1 aromatic heterocycles. The summed E-state index contributed by atoms with van der Waals surface area (Å²) in [6, 6.07) is 12.6. The molecule has 0 atom stereocenters. The van der Waals surface area contributed by atoms with Crippen LogP contribution in [0.25, 0.3) is 11.1 Å². The monoisotopic (exact) mass is 394 g/mol. The van der Waals surface area contributed by atoms with Crippen molar-refractivity contribution in [2.75, 3.05) is 13.2 Å². The number of aliphatic hydroxyl groups excluding tert-OH is 1. The van der Waals surface area contributed by atoms with E-state index in [1.807, 2.05) is 24.3 Å². The lowest BCUT2D eigenvalue weighted by atomic mass is 9.73. The molecule has 2 fully saturated rings. The van der Waals surface area contributed by atoms with E-state index in [9.17, 15) is 9.90 Å². The second kappa shape index (κ2) is 9.06. The molecule has 1 aromatic carbocycles. The largest absolute Gasteiger partial charge is 0.393 e. The summed E-state index contributed by atoms with van der Waals surface area (Å²) in [6.07, 6.45) is 8.82. The van der Waals surface area contributed by atoms with Gasteiger partial charge in [-0.25, -0.2) is 0 Å². The summed E-state index contributed by atoms with van der Waals surface area (Å²) in [6.45, 7) is 1.24. The number of hydrogen-bond acceptors (Lipinski definition) is 4. The highest BCUT2D eigenvalue weighted by atomic mass is 16.5. The van der Waals surface area contributed by atoms with Crippen LogP contribution in [0.1, 0.15) is 44.1 Å². The van der Waals surface area contributed by atoms with Crippen LogP contribution in [-0.2, 0) is 16.0 Å². The van der Waals surface area contributed by atoms with Gasteiger partial charge in [-0.15, -0.1) is 0 Å². The topological polar surface area (TPSA) is 71.5 Å². The zero-order chi connectivity index (χ0) is 20.1. The van der Waals surface area contributed by atoms with Crippen molar-refractivity contribution >= 4 is 5.91 Å². The van der Waals surface area contributed by atoms with Crippen molar-refractivity contribution in [3.05, 3.63) is 54.4 Å². The van der Waals surface area contributed by atoms with E-state index in [0.29, 0.717) is 19.6 Å². The maximum Gasteiger partial charge on any atom is 0.226 e. The molecule has 29 heavy (non-hydrogen) atoms. The Labute approximate surface area is 172 Å². The second-order valence-electron chi connectivity index (χ2n) is 8.44.